The van der Waals surface area contributed by atoms with Crippen LogP contribution in [0.5, 0.6) is 0 Å². The summed E-state index contributed by atoms with van der Waals surface area (Å²) < 4.78 is 5.54. The minimum atomic E-state index is -0.245. The first-order valence-electron chi connectivity index (χ1n) is 6.83. The van der Waals surface area contributed by atoms with Crippen LogP contribution in [0.25, 0.3) is 0 Å². The largest absolute Gasteiger partial charge is 0.457 e. The lowest BCUT2D eigenvalue weighted by Gasteiger charge is -2.25. The third-order valence-corrected chi connectivity index (χ3v) is 3.62. The lowest BCUT2D eigenvalue weighted by molar-refractivity contribution is -0.119. The molecule has 1 heterocycles. The molecular weight excluding hydrogens is 268 g/mol. The molecule has 0 fully saturated rings. The quantitative estimate of drug-likeness (QED) is 0.730. The van der Waals surface area contributed by atoms with Crippen molar-refractivity contribution in [3.05, 3.63) is 58.6 Å². The molecule has 106 valence electrons. The molecule has 21 heavy (non-hydrogen) atoms. The van der Waals surface area contributed by atoms with Crippen LogP contribution in [-0.2, 0) is 19.1 Å². The van der Waals surface area contributed by atoms with Gasteiger partial charge in [-0.2, -0.15) is 0 Å². The van der Waals surface area contributed by atoms with Crippen molar-refractivity contribution in [1.82, 2.24) is 0 Å². The molecule has 0 unspecified atom stereocenters. The normalized spacial score (nSPS) is 20.7. The minimum Gasteiger partial charge on any atom is -0.457 e. The van der Waals surface area contributed by atoms with Gasteiger partial charge in [-0.25, -0.2) is 0 Å². The molecule has 0 spiro atoms. The maximum absolute atomic E-state index is 12.6. The Morgan fingerprint density at radius 1 is 1.14 bits per heavy atom. The van der Waals surface area contributed by atoms with Gasteiger partial charge in [0.1, 0.15) is 11.5 Å². The molecule has 0 aromatic rings. The van der Waals surface area contributed by atoms with Crippen molar-refractivity contribution in [3.63, 3.8) is 0 Å². The molecule has 3 rings (SSSR count). The van der Waals surface area contributed by atoms with Crippen molar-refractivity contribution >= 4 is 17.3 Å². The van der Waals surface area contributed by atoms with Gasteiger partial charge in [-0.05, 0) is 19.4 Å². The fourth-order valence-corrected chi connectivity index (χ4v) is 2.63. The monoisotopic (exact) mass is 282 g/mol. The summed E-state index contributed by atoms with van der Waals surface area (Å²) >= 11 is 0. The van der Waals surface area contributed by atoms with Crippen LogP contribution in [0, 0.1) is 0 Å². The highest BCUT2D eigenvalue weighted by Crippen LogP contribution is 2.35. The molecule has 0 bridgehead atoms. The molecule has 0 aromatic carbocycles. The van der Waals surface area contributed by atoms with Gasteiger partial charge >= 0.3 is 0 Å². The second-order valence-corrected chi connectivity index (χ2v) is 5.20. The summed E-state index contributed by atoms with van der Waals surface area (Å²) in [4.78, 5) is 36.2. The summed E-state index contributed by atoms with van der Waals surface area (Å²) in [7, 11) is 0. The number of hydrogen-bond donors (Lipinski definition) is 0. The highest BCUT2D eigenvalue weighted by molar-refractivity contribution is 6.26. The third kappa shape index (κ3) is 2.33. The van der Waals surface area contributed by atoms with Crippen molar-refractivity contribution in [3.8, 4) is 0 Å². The van der Waals surface area contributed by atoms with E-state index in [4.69, 9.17) is 4.74 Å². The van der Waals surface area contributed by atoms with Gasteiger partial charge in [0.05, 0.1) is 12.0 Å². The van der Waals surface area contributed by atoms with Crippen LogP contribution in [-0.4, -0.2) is 17.3 Å². The van der Waals surface area contributed by atoms with Crippen molar-refractivity contribution in [1.29, 1.82) is 0 Å². The van der Waals surface area contributed by atoms with Gasteiger partial charge < -0.3 is 4.74 Å². The lowest BCUT2D eigenvalue weighted by atomic mass is 9.84. The molecule has 0 amide bonds. The number of ether oxygens (including phenoxy) is 1. The van der Waals surface area contributed by atoms with E-state index in [2.05, 4.69) is 0 Å². The molecule has 1 aliphatic heterocycles. The number of ketones is 3. The number of allylic oxidation sites excluding steroid dienone is 9. The van der Waals surface area contributed by atoms with Crippen molar-refractivity contribution in [2.45, 2.75) is 26.2 Å². The van der Waals surface area contributed by atoms with Crippen LogP contribution in [0.4, 0.5) is 0 Å². The second-order valence-electron chi connectivity index (χ2n) is 5.20. The molecule has 0 atom stereocenters. The van der Waals surface area contributed by atoms with E-state index in [1.54, 1.807) is 18.2 Å². The Morgan fingerprint density at radius 2 is 1.95 bits per heavy atom. The molecule has 4 heteroatoms. The van der Waals surface area contributed by atoms with Gasteiger partial charge in [0.25, 0.3) is 0 Å². The Hall–Kier alpha value is -2.49. The zero-order valence-corrected chi connectivity index (χ0v) is 11.6. The van der Waals surface area contributed by atoms with E-state index in [9.17, 15) is 14.4 Å². The van der Waals surface area contributed by atoms with Crippen LogP contribution in [0.2, 0.25) is 0 Å². The molecule has 3 aliphatic rings. The fourth-order valence-electron chi connectivity index (χ4n) is 2.63. The molecule has 0 radical (unpaired) electrons. The highest BCUT2D eigenvalue weighted by Gasteiger charge is 2.36. The first-order chi connectivity index (χ1) is 10.1. The molecule has 2 aliphatic carbocycles. The maximum atomic E-state index is 12.6. The van der Waals surface area contributed by atoms with Gasteiger partial charge in [0, 0.05) is 17.6 Å². The van der Waals surface area contributed by atoms with Crippen LogP contribution in [0.1, 0.15) is 26.2 Å². The fraction of sp³-hybridized carbons (Fsp3) is 0.235. The van der Waals surface area contributed by atoms with Crippen LogP contribution in [0.15, 0.2) is 58.6 Å². The van der Waals surface area contributed by atoms with E-state index in [1.807, 2.05) is 12.2 Å². The highest BCUT2D eigenvalue weighted by atomic mass is 16.5. The zero-order chi connectivity index (χ0) is 15.0. The van der Waals surface area contributed by atoms with Crippen LogP contribution in [0.3, 0.4) is 0 Å². The number of rotatable bonds is 2. The standard InChI is InChI=1S/C17H14O4/c1-10(18)9-11-7-8-14-15(19)12-5-3-2-4-6-13(12)16(20)17(14)21-11/h2-5,7H,6,8-9H2,1H3. The predicted octanol–water partition coefficient (Wildman–Crippen LogP) is 2.49. The first kappa shape index (κ1) is 13.5. The average molecular weight is 282 g/mol. The van der Waals surface area contributed by atoms with Gasteiger partial charge in [-0.1, -0.05) is 24.3 Å². The van der Waals surface area contributed by atoms with Gasteiger partial charge in [0.2, 0.25) is 5.78 Å². The number of carbonyl (C=O) groups excluding carboxylic acids is 3. The Kier molecular flexibility index (Phi) is 3.29. The number of hydrogen-bond acceptors (Lipinski definition) is 4. The number of Topliss-reactive ketones (excluding diaryl/α,β-unsaturated/α-hetero) is 3. The van der Waals surface area contributed by atoms with E-state index in [0.717, 1.165) is 0 Å². The van der Waals surface area contributed by atoms with E-state index in [0.29, 0.717) is 35.3 Å². The Labute approximate surface area is 122 Å². The molecule has 0 saturated carbocycles. The predicted molar refractivity (Wildman–Crippen MR) is 76.0 cm³/mol. The van der Waals surface area contributed by atoms with Gasteiger partial charge in [-0.15, -0.1) is 0 Å². The van der Waals surface area contributed by atoms with Gasteiger partial charge in [0.15, 0.2) is 11.5 Å². The molecule has 0 saturated heterocycles. The SMILES string of the molecule is CC(=O)CC1=CCC2=C(O1)C(=O)C1=C(C=CC=CC1)C2=O. The molecule has 4 nitrogen and oxygen atoms in total. The lowest BCUT2D eigenvalue weighted by Crippen LogP contribution is -2.26. The first-order valence-corrected chi connectivity index (χ1v) is 6.83. The smallest absolute Gasteiger partial charge is 0.225 e. The van der Waals surface area contributed by atoms with E-state index >= 15 is 0 Å². The number of carbonyl (C=O) groups is 3. The summed E-state index contributed by atoms with van der Waals surface area (Å²) in [5.41, 5.74) is 1.31. The summed E-state index contributed by atoms with van der Waals surface area (Å²) in [6.45, 7) is 1.46. The zero-order valence-electron chi connectivity index (χ0n) is 11.6. The minimum absolute atomic E-state index is 0.0416. The second kappa shape index (κ2) is 5.13. The van der Waals surface area contributed by atoms with Crippen LogP contribution >= 0.6 is 0 Å². The summed E-state index contributed by atoms with van der Waals surface area (Å²) in [5.74, 6) is 0.107. The van der Waals surface area contributed by atoms with E-state index < -0.39 is 0 Å². The molecule has 0 aromatic heterocycles. The van der Waals surface area contributed by atoms with Crippen molar-refractivity contribution in [2.75, 3.05) is 0 Å². The Bertz CT molecular complexity index is 711. The molecular formula is C17H14O4. The van der Waals surface area contributed by atoms with Gasteiger partial charge in [-0.3, -0.25) is 14.4 Å². The van der Waals surface area contributed by atoms with E-state index in [1.165, 1.54) is 6.92 Å². The summed E-state index contributed by atoms with van der Waals surface area (Å²) in [6, 6.07) is 0. The maximum Gasteiger partial charge on any atom is 0.225 e. The summed E-state index contributed by atoms with van der Waals surface area (Å²) in [5, 5.41) is 0. The summed E-state index contributed by atoms with van der Waals surface area (Å²) in [6.07, 6.45) is 9.69. The van der Waals surface area contributed by atoms with Crippen molar-refractivity contribution in [2.24, 2.45) is 0 Å². The third-order valence-electron chi connectivity index (χ3n) is 3.62. The Balaban J connectivity index is 1.95. The average Bonchev–Trinajstić information content (AvgIpc) is 2.70. The van der Waals surface area contributed by atoms with E-state index in [-0.39, 0.29) is 29.5 Å². The van der Waals surface area contributed by atoms with Crippen LogP contribution < -0.4 is 0 Å². The molecule has 0 N–H and O–H groups in total. The van der Waals surface area contributed by atoms with Crippen molar-refractivity contribution < 1.29 is 19.1 Å². The topological polar surface area (TPSA) is 60.4 Å². The Morgan fingerprint density at radius 3 is 2.71 bits per heavy atom.